The van der Waals surface area contributed by atoms with Gasteiger partial charge >= 0.3 is 0 Å². The first-order chi connectivity index (χ1) is 15.0. The number of aliphatic hydroxyl groups is 2. The maximum atomic E-state index is 13.3. The molecule has 4 aliphatic carbocycles. The third-order valence-electron chi connectivity index (χ3n) is 12.1. The number of carbonyl (C=O) groups excluding carboxylic acids is 1. The van der Waals surface area contributed by atoms with E-state index in [0.717, 1.165) is 58.0 Å². The van der Waals surface area contributed by atoms with Crippen molar-refractivity contribution in [3.05, 3.63) is 0 Å². The van der Waals surface area contributed by atoms with Gasteiger partial charge in [0, 0.05) is 36.5 Å². The minimum atomic E-state index is -0.812. The third-order valence-corrected chi connectivity index (χ3v) is 12.1. The SMILES string of the molecule is CC1CC[C@H]2C(C)(O)C3CC[C@H]4C5CC(=O)[C@H]6CC(O)CC[C@]6(C)[C@H]5C[C@H]4C3C[N+]2(O)C1. The average molecular weight is 447 g/mol. The van der Waals surface area contributed by atoms with Crippen molar-refractivity contribution >= 4 is 5.78 Å². The van der Waals surface area contributed by atoms with Gasteiger partial charge in [-0.05, 0) is 81.0 Å². The molecule has 0 aromatic heterocycles. The summed E-state index contributed by atoms with van der Waals surface area (Å²) in [4.78, 5) is 13.3. The van der Waals surface area contributed by atoms with E-state index >= 15 is 0 Å². The minimum absolute atomic E-state index is 0.0247. The van der Waals surface area contributed by atoms with E-state index in [4.69, 9.17) is 0 Å². The molecule has 0 bridgehead atoms. The van der Waals surface area contributed by atoms with Crippen molar-refractivity contribution in [2.45, 2.75) is 96.3 Å². The molecule has 0 aromatic carbocycles. The molecule has 6 aliphatic rings. The molecule has 6 fully saturated rings. The summed E-state index contributed by atoms with van der Waals surface area (Å²) in [5.74, 6) is 3.67. The van der Waals surface area contributed by atoms with E-state index in [9.17, 15) is 20.2 Å². The zero-order chi connectivity index (χ0) is 22.6. The number of hydrogen-bond acceptors (Lipinski definition) is 4. The Balaban J connectivity index is 1.33. The van der Waals surface area contributed by atoms with Gasteiger partial charge in [-0.2, -0.15) is 4.65 Å². The van der Waals surface area contributed by atoms with E-state index in [0.29, 0.717) is 54.1 Å². The third kappa shape index (κ3) is 2.86. The number of piperidine rings is 2. The Labute approximate surface area is 193 Å². The Morgan fingerprint density at radius 2 is 1.69 bits per heavy atom. The fourth-order valence-corrected chi connectivity index (χ4v) is 10.8. The number of hydrogen-bond donors (Lipinski definition) is 3. The lowest BCUT2D eigenvalue weighted by molar-refractivity contribution is -1.14. The van der Waals surface area contributed by atoms with E-state index in [2.05, 4.69) is 13.8 Å². The average Bonchev–Trinajstić information content (AvgIpc) is 3.08. The van der Waals surface area contributed by atoms with Crippen molar-refractivity contribution in [3.63, 3.8) is 0 Å². The Kier molecular flexibility index (Phi) is 4.83. The van der Waals surface area contributed by atoms with Crippen molar-refractivity contribution in [2.24, 2.45) is 52.8 Å². The highest BCUT2D eigenvalue weighted by molar-refractivity contribution is 5.83. The van der Waals surface area contributed by atoms with Crippen molar-refractivity contribution in [2.75, 3.05) is 13.1 Å². The number of aliphatic hydroxyl groups excluding tert-OH is 1. The van der Waals surface area contributed by atoms with Gasteiger partial charge in [0.25, 0.3) is 0 Å². The van der Waals surface area contributed by atoms with Gasteiger partial charge in [-0.15, -0.1) is 0 Å². The first kappa shape index (κ1) is 22.0. The molecule has 2 aliphatic heterocycles. The molecule has 5 nitrogen and oxygen atoms in total. The summed E-state index contributed by atoms with van der Waals surface area (Å²) in [5.41, 5.74) is -0.787. The lowest BCUT2D eigenvalue weighted by Gasteiger charge is -2.60. The van der Waals surface area contributed by atoms with Gasteiger partial charge in [-0.3, -0.25) is 4.79 Å². The van der Waals surface area contributed by atoms with Crippen LogP contribution in [0, 0.1) is 52.8 Å². The highest BCUT2D eigenvalue weighted by Gasteiger charge is 2.68. The Bertz CT molecular complexity index is 794. The predicted molar refractivity (Wildman–Crippen MR) is 120 cm³/mol. The number of Topliss-reactive ketones (excluding diaryl/α,β-unsaturated/α-hetero) is 1. The first-order valence-corrected chi connectivity index (χ1v) is 13.6. The topological polar surface area (TPSA) is 77.8 Å². The second kappa shape index (κ2) is 7.02. The highest BCUT2D eigenvalue weighted by atomic mass is 16.6. The number of carbonyl (C=O) groups is 1. The molecular formula is C27H44NO4+. The van der Waals surface area contributed by atoms with Gasteiger partial charge in [0.15, 0.2) is 0 Å². The van der Waals surface area contributed by atoms with Crippen molar-refractivity contribution in [1.29, 1.82) is 0 Å². The zero-order valence-electron chi connectivity index (χ0n) is 20.2. The first-order valence-electron chi connectivity index (χ1n) is 13.6. The normalized spacial score (nSPS) is 61.8. The van der Waals surface area contributed by atoms with Crippen LogP contribution < -0.4 is 0 Å². The van der Waals surface area contributed by atoms with E-state index in [1.807, 2.05) is 6.92 Å². The summed E-state index contributed by atoms with van der Waals surface area (Å²) in [5, 5.41) is 34.0. The van der Waals surface area contributed by atoms with Crippen LogP contribution in [-0.4, -0.2) is 56.7 Å². The van der Waals surface area contributed by atoms with Gasteiger partial charge in [0.2, 0.25) is 0 Å². The molecule has 0 spiro atoms. The van der Waals surface area contributed by atoms with Crippen molar-refractivity contribution in [1.82, 2.24) is 0 Å². The summed E-state index contributed by atoms with van der Waals surface area (Å²) < 4.78 is 0.0684. The monoisotopic (exact) mass is 446 g/mol. The van der Waals surface area contributed by atoms with Gasteiger partial charge in [0.1, 0.15) is 30.5 Å². The number of hydroxylamine groups is 3. The fourth-order valence-electron chi connectivity index (χ4n) is 10.8. The lowest BCUT2D eigenvalue weighted by atomic mass is 9.51. The van der Waals surface area contributed by atoms with Crippen LogP contribution >= 0.6 is 0 Å². The molecule has 2 saturated heterocycles. The van der Waals surface area contributed by atoms with Gasteiger partial charge < -0.3 is 10.2 Å². The van der Waals surface area contributed by atoms with Gasteiger partial charge in [-0.1, -0.05) is 13.8 Å². The number of ketones is 1. The molecule has 5 heteroatoms. The molecule has 0 radical (unpaired) electrons. The van der Waals surface area contributed by atoms with Crippen LogP contribution in [0.2, 0.25) is 0 Å². The lowest BCUT2D eigenvalue weighted by Crippen LogP contribution is -2.74. The number of quaternary nitrogens is 1. The maximum absolute atomic E-state index is 13.3. The van der Waals surface area contributed by atoms with E-state index in [1.165, 1.54) is 0 Å². The van der Waals surface area contributed by atoms with Crippen LogP contribution in [0.25, 0.3) is 0 Å². The Morgan fingerprint density at radius 3 is 2.47 bits per heavy atom. The highest BCUT2D eigenvalue weighted by Crippen LogP contribution is 2.67. The molecule has 13 atom stereocenters. The largest absolute Gasteiger partial charge is 0.393 e. The standard InChI is InChI=1S/C27H44NO4/c1-15-4-7-25-27(3,31)21-6-5-17-18(20(21)14-28(25,32)13-15)11-22-19(17)12-24(30)23-10-16(29)8-9-26(22,23)2/h15-23,25,29,31-32H,4-14H2,1-3H3/q+1/t15?,16?,17-,18-,19?,20?,21?,22+,23-,25+,26-,27?,28?/m1/s1. The summed E-state index contributed by atoms with van der Waals surface area (Å²) in [6, 6.07) is -0.0523. The molecule has 6 rings (SSSR count). The van der Waals surface area contributed by atoms with Crippen LogP contribution in [0.15, 0.2) is 0 Å². The minimum Gasteiger partial charge on any atom is -0.393 e. The van der Waals surface area contributed by atoms with Gasteiger partial charge in [0.05, 0.1) is 6.10 Å². The molecule has 3 N–H and O–H groups in total. The molecular weight excluding hydrogens is 402 g/mol. The number of nitrogens with zero attached hydrogens (tertiary/aromatic N) is 1. The Hall–Kier alpha value is -0.490. The number of fused-ring (bicyclic) bond motifs is 8. The second-order valence-electron chi connectivity index (χ2n) is 13.6. The summed E-state index contributed by atoms with van der Waals surface area (Å²) in [6.45, 7) is 8.19. The molecule has 2 heterocycles. The molecule has 32 heavy (non-hydrogen) atoms. The fraction of sp³-hybridized carbons (Fsp3) is 0.963. The Morgan fingerprint density at radius 1 is 0.906 bits per heavy atom. The molecule has 0 aromatic rings. The molecule has 7 unspecified atom stereocenters. The summed E-state index contributed by atoms with van der Waals surface area (Å²) in [6.07, 6.45) is 8.19. The van der Waals surface area contributed by atoms with Crippen LogP contribution in [0.1, 0.15) is 78.6 Å². The quantitative estimate of drug-likeness (QED) is 0.495. The summed E-state index contributed by atoms with van der Waals surface area (Å²) in [7, 11) is 0. The van der Waals surface area contributed by atoms with Gasteiger partial charge in [-0.25, -0.2) is 5.21 Å². The van der Waals surface area contributed by atoms with Crippen LogP contribution in [0.3, 0.4) is 0 Å². The number of rotatable bonds is 0. The van der Waals surface area contributed by atoms with E-state index in [-0.39, 0.29) is 34.0 Å². The maximum Gasteiger partial charge on any atom is 0.148 e. The van der Waals surface area contributed by atoms with E-state index in [1.54, 1.807) is 0 Å². The van der Waals surface area contributed by atoms with Crippen LogP contribution in [0.5, 0.6) is 0 Å². The van der Waals surface area contributed by atoms with E-state index < -0.39 is 5.60 Å². The predicted octanol–water partition coefficient (Wildman–Crippen LogP) is 3.79. The van der Waals surface area contributed by atoms with Crippen molar-refractivity contribution < 1.29 is 24.9 Å². The molecule has 0 amide bonds. The zero-order valence-corrected chi connectivity index (χ0v) is 20.2. The van der Waals surface area contributed by atoms with Crippen LogP contribution in [0.4, 0.5) is 0 Å². The van der Waals surface area contributed by atoms with Crippen LogP contribution in [-0.2, 0) is 4.79 Å². The van der Waals surface area contributed by atoms with Crippen molar-refractivity contribution in [3.8, 4) is 0 Å². The molecule has 4 saturated carbocycles. The summed E-state index contributed by atoms with van der Waals surface area (Å²) >= 11 is 0. The smallest absolute Gasteiger partial charge is 0.148 e. The second-order valence-corrected chi connectivity index (χ2v) is 13.6. The molecule has 180 valence electrons.